The first-order valence-corrected chi connectivity index (χ1v) is 10.7. The molecular formula is C29H20N2O2Zn. The molecule has 0 saturated carbocycles. The molecule has 0 aliphatic rings. The zero-order chi connectivity index (χ0) is 22.8. The van der Waals surface area contributed by atoms with E-state index in [0.29, 0.717) is 22.5 Å². The van der Waals surface area contributed by atoms with Gasteiger partial charge in [0, 0.05) is 12.4 Å². The predicted octanol–water partition coefficient (Wildman–Crippen LogP) is 5.95. The van der Waals surface area contributed by atoms with Crippen molar-refractivity contribution in [2.24, 2.45) is 9.98 Å². The van der Waals surface area contributed by atoms with Gasteiger partial charge in [0.05, 0.1) is 11.4 Å². The van der Waals surface area contributed by atoms with E-state index in [1.165, 1.54) is 0 Å². The van der Waals surface area contributed by atoms with Crippen molar-refractivity contribution in [2.75, 3.05) is 0 Å². The molecule has 0 aliphatic heterocycles. The fraction of sp³-hybridized carbons (Fsp3) is 0.0345. The fourth-order valence-corrected chi connectivity index (χ4v) is 3.93. The standard InChI is InChI=1S/C29H22N2O2.Zn/c1-19-10-13-26(30-17-24-22-8-4-2-6-20(22)11-14-28(24)32)27(16-19)31-18-25-23-9-5-3-7-21(23)12-15-29(25)33;/h2-18,32-33H,1H3;/q;+2/p-2. The molecule has 4 nitrogen and oxygen atoms in total. The van der Waals surface area contributed by atoms with E-state index < -0.39 is 0 Å². The number of aryl methyl sites for hydroxylation is 1. The Kier molecular flexibility index (Phi) is 6.86. The van der Waals surface area contributed by atoms with Crippen LogP contribution in [0.4, 0.5) is 11.4 Å². The molecule has 0 aromatic heterocycles. The SMILES string of the molecule is Cc1ccc(N=Cc2c([O-])ccc3ccccc23)c(N=Cc2c([O-])ccc3ccccc23)c1.[Zn+2]. The fourth-order valence-electron chi connectivity index (χ4n) is 3.93. The first-order chi connectivity index (χ1) is 16.1. The van der Waals surface area contributed by atoms with Crippen molar-refractivity contribution < 1.29 is 29.7 Å². The van der Waals surface area contributed by atoms with Crippen LogP contribution in [0, 0.1) is 6.92 Å². The largest absolute Gasteiger partial charge is 2.00 e. The van der Waals surface area contributed by atoms with E-state index in [0.717, 1.165) is 27.1 Å². The van der Waals surface area contributed by atoms with E-state index in [9.17, 15) is 10.2 Å². The van der Waals surface area contributed by atoms with E-state index >= 15 is 0 Å². The molecule has 34 heavy (non-hydrogen) atoms. The van der Waals surface area contributed by atoms with Gasteiger partial charge in [-0.05, 0) is 57.3 Å². The van der Waals surface area contributed by atoms with Crippen LogP contribution in [0.2, 0.25) is 0 Å². The summed E-state index contributed by atoms with van der Waals surface area (Å²) in [5.74, 6) is -0.164. The quantitative estimate of drug-likeness (QED) is 0.229. The van der Waals surface area contributed by atoms with Crippen LogP contribution in [0.3, 0.4) is 0 Å². The Morgan fingerprint density at radius 3 is 1.65 bits per heavy atom. The van der Waals surface area contributed by atoms with E-state index in [4.69, 9.17) is 0 Å². The Hall–Kier alpha value is -3.82. The maximum absolute atomic E-state index is 12.5. The molecule has 0 bridgehead atoms. The molecule has 0 aliphatic carbocycles. The van der Waals surface area contributed by atoms with Gasteiger partial charge in [0.15, 0.2) is 0 Å². The molecule has 5 aromatic rings. The van der Waals surface area contributed by atoms with Crippen molar-refractivity contribution in [3.8, 4) is 11.5 Å². The molecule has 0 atom stereocenters. The molecule has 0 unspecified atom stereocenters. The number of nitrogens with zero attached hydrogens (tertiary/aromatic N) is 2. The minimum absolute atomic E-state index is 0. The molecule has 5 heteroatoms. The number of aliphatic imine (C=N–C) groups is 2. The van der Waals surface area contributed by atoms with E-state index in [-0.39, 0.29) is 31.0 Å². The van der Waals surface area contributed by atoms with Gasteiger partial charge in [-0.3, -0.25) is 9.98 Å². The van der Waals surface area contributed by atoms with Gasteiger partial charge in [-0.25, -0.2) is 0 Å². The third-order valence-electron chi connectivity index (χ3n) is 5.66. The molecule has 0 spiro atoms. The normalized spacial score (nSPS) is 11.4. The number of benzene rings is 5. The summed E-state index contributed by atoms with van der Waals surface area (Å²) in [4.78, 5) is 9.24. The predicted molar refractivity (Wildman–Crippen MR) is 132 cm³/mol. The molecule has 160 valence electrons. The zero-order valence-corrected chi connectivity index (χ0v) is 21.7. The second-order valence-corrected chi connectivity index (χ2v) is 7.91. The van der Waals surface area contributed by atoms with Gasteiger partial charge in [0.25, 0.3) is 0 Å². The zero-order valence-electron chi connectivity index (χ0n) is 18.7. The maximum atomic E-state index is 12.5. The Bertz CT molecular complexity index is 1560. The van der Waals surface area contributed by atoms with E-state index in [1.54, 1.807) is 24.6 Å². The summed E-state index contributed by atoms with van der Waals surface area (Å²) >= 11 is 0. The van der Waals surface area contributed by atoms with Crippen molar-refractivity contribution in [1.29, 1.82) is 0 Å². The van der Waals surface area contributed by atoms with Crippen LogP contribution in [0.15, 0.2) is 101 Å². The van der Waals surface area contributed by atoms with Crippen molar-refractivity contribution in [2.45, 2.75) is 6.92 Å². The molecule has 0 saturated heterocycles. The van der Waals surface area contributed by atoms with Crippen LogP contribution in [-0.2, 0) is 19.5 Å². The summed E-state index contributed by atoms with van der Waals surface area (Å²) in [5.41, 5.74) is 3.36. The molecule has 5 aromatic carbocycles. The van der Waals surface area contributed by atoms with Gasteiger partial charge in [-0.15, -0.1) is 0 Å². The van der Waals surface area contributed by atoms with Crippen LogP contribution in [0.1, 0.15) is 16.7 Å². The van der Waals surface area contributed by atoms with Gasteiger partial charge in [-0.2, -0.15) is 0 Å². The van der Waals surface area contributed by atoms with Gasteiger partial charge in [0.1, 0.15) is 0 Å². The van der Waals surface area contributed by atoms with Gasteiger partial charge in [-0.1, -0.05) is 90.4 Å². The van der Waals surface area contributed by atoms with Crippen LogP contribution in [0.5, 0.6) is 11.5 Å². The Labute approximate surface area is 210 Å². The number of hydrogen-bond acceptors (Lipinski definition) is 4. The summed E-state index contributed by atoms with van der Waals surface area (Å²) in [6.07, 6.45) is 3.21. The molecule has 0 radical (unpaired) electrons. The van der Waals surface area contributed by atoms with Gasteiger partial charge < -0.3 is 10.2 Å². The summed E-state index contributed by atoms with van der Waals surface area (Å²) in [5, 5.41) is 28.7. The number of fused-ring (bicyclic) bond motifs is 2. The van der Waals surface area contributed by atoms with Crippen LogP contribution < -0.4 is 10.2 Å². The van der Waals surface area contributed by atoms with Crippen molar-refractivity contribution >= 4 is 45.3 Å². The Morgan fingerprint density at radius 1 is 0.588 bits per heavy atom. The average Bonchev–Trinajstić information content (AvgIpc) is 2.83. The Balaban J connectivity index is 0.00000274. The van der Waals surface area contributed by atoms with E-state index in [2.05, 4.69) is 9.98 Å². The molecule has 0 amide bonds. The third-order valence-corrected chi connectivity index (χ3v) is 5.66. The molecule has 0 N–H and O–H groups in total. The third kappa shape index (κ3) is 4.61. The first-order valence-electron chi connectivity index (χ1n) is 10.7. The first kappa shape index (κ1) is 23.3. The maximum Gasteiger partial charge on any atom is 2.00 e. The topological polar surface area (TPSA) is 70.8 Å². The number of rotatable bonds is 4. The smallest absolute Gasteiger partial charge is 0.872 e. The second-order valence-electron chi connectivity index (χ2n) is 7.91. The van der Waals surface area contributed by atoms with Crippen LogP contribution >= 0.6 is 0 Å². The molecular weight excluding hydrogens is 474 g/mol. The van der Waals surface area contributed by atoms with Gasteiger partial charge in [0.2, 0.25) is 0 Å². The Morgan fingerprint density at radius 2 is 1.09 bits per heavy atom. The van der Waals surface area contributed by atoms with E-state index in [1.807, 2.05) is 85.8 Å². The number of hydrogen-bond donors (Lipinski definition) is 0. The summed E-state index contributed by atoms with van der Waals surface area (Å²) in [7, 11) is 0. The monoisotopic (exact) mass is 492 g/mol. The molecule has 0 heterocycles. The molecule has 0 fully saturated rings. The summed E-state index contributed by atoms with van der Waals surface area (Å²) in [6.45, 7) is 1.98. The second kappa shape index (κ2) is 9.98. The van der Waals surface area contributed by atoms with Crippen LogP contribution in [-0.4, -0.2) is 12.4 Å². The van der Waals surface area contributed by atoms with Crippen molar-refractivity contribution in [3.63, 3.8) is 0 Å². The van der Waals surface area contributed by atoms with Crippen molar-refractivity contribution in [1.82, 2.24) is 0 Å². The van der Waals surface area contributed by atoms with Gasteiger partial charge >= 0.3 is 19.5 Å². The minimum Gasteiger partial charge on any atom is -0.872 e. The summed E-state index contributed by atoms with van der Waals surface area (Å²) < 4.78 is 0. The minimum atomic E-state index is -0.0821. The van der Waals surface area contributed by atoms with Crippen LogP contribution in [0.25, 0.3) is 21.5 Å². The average molecular weight is 494 g/mol. The summed E-state index contributed by atoms with van der Waals surface area (Å²) in [6, 6.07) is 28.0. The molecule has 5 rings (SSSR count). The van der Waals surface area contributed by atoms with Crippen molar-refractivity contribution in [3.05, 3.63) is 108 Å².